The molecule has 0 aliphatic rings. The molecule has 0 unspecified atom stereocenters. The molecule has 0 saturated heterocycles. The third-order valence-corrected chi connectivity index (χ3v) is 2.19. The van der Waals surface area contributed by atoms with Crippen molar-refractivity contribution in [3.05, 3.63) is 42.1 Å². The van der Waals surface area contributed by atoms with E-state index < -0.39 is 5.97 Å². The van der Waals surface area contributed by atoms with Crippen LogP contribution in [0.15, 0.2) is 36.5 Å². The van der Waals surface area contributed by atoms with E-state index in [1.165, 1.54) is 24.3 Å². The quantitative estimate of drug-likeness (QED) is 0.783. The number of benzene rings is 1. The van der Waals surface area contributed by atoms with Crippen molar-refractivity contribution in [1.82, 2.24) is 5.32 Å². The number of carbonyl (C=O) groups excluding carboxylic acids is 1. The number of amides is 2. The Morgan fingerprint density at radius 3 is 2.21 bits per heavy atom. The number of carboxylic acid groups (broad SMARTS) is 1. The fraction of sp³-hybridized carbons (Fsp3) is 0.286. The van der Waals surface area contributed by atoms with Crippen LogP contribution in [-0.4, -0.2) is 17.1 Å². The predicted octanol–water partition coefficient (Wildman–Crippen LogP) is 3.07. The summed E-state index contributed by atoms with van der Waals surface area (Å²) in [6.45, 7) is 6.06. The van der Waals surface area contributed by atoms with Gasteiger partial charge in [-0.25, -0.2) is 9.59 Å². The standard InChI is InChI=1S/C14H18N2O3/c1-14(2,3)8-9-15-13(19)16-11-6-4-10(5-7-11)12(17)18/h4-9H,1-3H3,(H,17,18)(H2,15,16,19)/b9-8+. The molecule has 0 spiro atoms. The lowest BCUT2D eigenvalue weighted by Crippen LogP contribution is -2.24. The summed E-state index contributed by atoms with van der Waals surface area (Å²) in [7, 11) is 0. The predicted molar refractivity (Wildman–Crippen MR) is 74.2 cm³/mol. The first-order valence-electron chi connectivity index (χ1n) is 5.86. The Labute approximate surface area is 112 Å². The van der Waals surface area contributed by atoms with Crippen LogP contribution in [0.2, 0.25) is 0 Å². The Bertz CT molecular complexity index is 484. The monoisotopic (exact) mass is 262 g/mol. The number of carboxylic acids is 1. The summed E-state index contributed by atoms with van der Waals surface area (Å²) < 4.78 is 0. The molecule has 0 heterocycles. The number of carbonyl (C=O) groups is 2. The van der Waals surface area contributed by atoms with Crippen LogP contribution in [0.3, 0.4) is 0 Å². The lowest BCUT2D eigenvalue weighted by atomic mass is 9.97. The SMILES string of the molecule is CC(C)(C)/C=C/NC(=O)Nc1ccc(C(=O)O)cc1. The minimum atomic E-state index is -0.996. The summed E-state index contributed by atoms with van der Waals surface area (Å²) in [5.41, 5.74) is 0.710. The van der Waals surface area contributed by atoms with Crippen LogP contribution in [0.5, 0.6) is 0 Å². The van der Waals surface area contributed by atoms with Gasteiger partial charge in [-0.05, 0) is 29.7 Å². The second kappa shape index (κ2) is 6.04. The van der Waals surface area contributed by atoms with E-state index in [4.69, 9.17) is 5.11 Å². The molecule has 19 heavy (non-hydrogen) atoms. The van der Waals surface area contributed by atoms with E-state index in [1.807, 2.05) is 26.8 Å². The van der Waals surface area contributed by atoms with Crippen molar-refractivity contribution in [1.29, 1.82) is 0 Å². The molecule has 0 bridgehead atoms. The number of allylic oxidation sites excluding steroid dienone is 1. The topological polar surface area (TPSA) is 78.4 Å². The van der Waals surface area contributed by atoms with E-state index >= 15 is 0 Å². The first kappa shape index (κ1) is 14.8. The van der Waals surface area contributed by atoms with E-state index in [0.717, 1.165) is 0 Å². The van der Waals surface area contributed by atoms with Gasteiger partial charge in [0, 0.05) is 11.9 Å². The molecule has 3 N–H and O–H groups in total. The molecule has 0 aromatic heterocycles. The third kappa shape index (κ3) is 5.72. The molecule has 0 radical (unpaired) electrons. The number of anilines is 1. The van der Waals surface area contributed by atoms with Gasteiger partial charge in [-0.2, -0.15) is 0 Å². The zero-order valence-corrected chi connectivity index (χ0v) is 11.2. The van der Waals surface area contributed by atoms with Crippen LogP contribution in [0.25, 0.3) is 0 Å². The lowest BCUT2D eigenvalue weighted by Gasteiger charge is -2.11. The van der Waals surface area contributed by atoms with Gasteiger partial charge in [0.05, 0.1) is 5.56 Å². The van der Waals surface area contributed by atoms with Crippen LogP contribution in [0.4, 0.5) is 10.5 Å². The minimum absolute atomic E-state index is 0.00356. The summed E-state index contributed by atoms with van der Waals surface area (Å²) in [6, 6.07) is 5.57. The maximum Gasteiger partial charge on any atom is 0.335 e. The Kier molecular flexibility index (Phi) is 4.69. The van der Waals surface area contributed by atoms with Crippen molar-refractivity contribution in [2.45, 2.75) is 20.8 Å². The molecule has 1 aromatic carbocycles. The van der Waals surface area contributed by atoms with Crippen molar-refractivity contribution in [3.8, 4) is 0 Å². The molecule has 102 valence electrons. The Morgan fingerprint density at radius 2 is 1.74 bits per heavy atom. The third-order valence-electron chi connectivity index (χ3n) is 2.19. The van der Waals surface area contributed by atoms with Crippen LogP contribution in [-0.2, 0) is 0 Å². The number of rotatable bonds is 3. The summed E-state index contributed by atoms with van der Waals surface area (Å²) in [5, 5.41) is 13.9. The number of nitrogens with one attached hydrogen (secondary N) is 2. The van der Waals surface area contributed by atoms with Gasteiger partial charge >= 0.3 is 12.0 Å². The van der Waals surface area contributed by atoms with E-state index in [2.05, 4.69) is 10.6 Å². The second-order valence-corrected chi connectivity index (χ2v) is 5.18. The molecular formula is C14H18N2O3. The Balaban J connectivity index is 2.53. The number of hydrogen-bond acceptors (Lipinski definition) is 2. The Hall–Kier alpha value is -2.30. The lowest BCUT2D eigenvalue weighted by molar-refractivity contribution is 0.0697. The molecule has 5 heteroatoms. The summed E-state index contributed by atoms with van der Waals surface area (Å²) in [5.74, 6) is -0.996. The molecule has 0 atom stereocenters. The molecule has 5 nitrogen and oxygen atoms in total. The molecule has 2 amide bonds. The molecule has 0 aliphatic carbocycles. The van der Waals surface area contributed by atoms with E-state index in [1.54, 1.807) is 6.20 Å². The Morgan fingerprint density at radius 1 is 1.16 bits per heavy atom. The van der Waals surface area contributed by atoms with E-state index in [9.17, 15) is 9.59 Å². The van der Waals surface area contributed by atoms with Crippen molar-refractivity contribution in [2.24, 2.45) is 5.41 Å². The van der Waals surface area contributed by atoms with E-state index in [-0.39, 0.29) is 17.0 Å². The van der Waals surface area contributed by atoms with Gasteiger partial charge in [-0.15, -0.1) is 0 Å². The summed E-state index contributed by atoms with van der Waals surface area (Å²) in [4.78, 5) is 22.2. The molecule has 1 rings (SSSR count). The first-order chi connectivity index (χ1) is 8.78. The maximum absolute atomic E-state index is 11.5. The van der Waals surface area contributed by atoms with Crippen molar-refractivity contribution >= 4 is 17.7 Å². The molecular weight excluding hydrogens is 244 g/mol. The maximum atomic E-state index is 11.5. The zero-order chi connectivity index (χ0) is 14.5. The van der Waals surface area contributed by atoms with Gasteiger partial charge in [0.2, 0.25) is 0 Å². The normalized spacial score (nSPS) is 11.3. The number of aromatic carboxylic acids is 1. The van der Waals surface area contributed by atoms with Crippen molar-refractivity contribution in [2.75, 3.05) is 5.32 Å². The highest BCUT2D eigenvalue weighted by atomic mass is 16.4. The highest BCUT2D eigenvalue weighted by molar-refractivity contribution is 5.91. The zero-order valence-electron chi connectivity index (χ0n) is 11.2. The average Bonchev–Trinajstić information content (AvgIpc) is 2.27. The number of urea groups is 1. The minimum Gasteiger partial charge on any atom is -0.478 e. The van der Waals surface area contributed by atoms with Crippen LogP contribution < -0.4 is 10.6 Å². The van der Waals surface area contributed by atoms with Gasteiger partial charge in [0.25, 0.3) is 0 Å². The highest BCUT2D eigenvalue weighted by Crippen LogP contribution is 2.13. The van der Waals surface area contributed by atoms with E-state index in [0.29, 0.717) is 5.69 Å². The van der Waals surface area contributed by atoms with Gasteiger partial charge < -0.3 is 15.7 Å². The smallest absolute Gasteiger partial charge is 0.335 e. The van der Waals surface area contributed by atoms with Crippen molar-refractivity contribution in [3.63, 3.8) is 0 Å². The second-order valence-electron chi connectivity index (χ2n) is 5.18. The molecule has 0 aliphatic heterocycles. The van der Waals surface area contributed by atoms with Gasteiger partial charge in [0.1, 0.15) is 0 Å². The van der Waals surface area contributed by atoms with Gasteiger partial charge in [0.15, 0.2) is 0 Å². The highest BCUT2D eigenvalue weighted by Gasteiger charge is 2.05. The van der Waals surface area contributed by atoms with Crippen LogP contribution in [0.1, 0.15) is 31.1 Å². The molecule has 1 aromatic rings. The van der Waals surface area contributed by atoms with Crippen LogP contribution >= 0.6 is 0 Å². The molecule has 0 fully saturated rings. The summed E-state index contributed by atoms with van der Waals surface area (Å²) in [6.07, 6.45) is 3.46. The van der Waals surface area contributed by atoms with Gasteiger partial charge in [-0.3, -0.25) is 0 Å². The largest absolute Gasteiger partial charge is 0.478 e. The van der Waals surface area contributed by atoms with Gasteiger partial charge in [-0.1, -0.05) is 26.8 Å². The van der Waals surface area contributed by atoms with Crippen molar-refractivity contribution < 1.29 is 14.7 Å². The summed E-state index contributed by atoms with van der Waals surface area (Å²) >= 11 is 0. The fourth-order valence-electron chi connectivity index (χ4n) is 1.23. The number of hydrogen-bond donors (Lipinski definition) is 3. The fourth-order valence-corrected chi connectivity index (χ4v) is 1.23. The average molecular weight is 262 g/mol. The first-order valence-corrected chi connectivity index (χ1v) is 5.86. The molecule has 0 saturated carbocycles. The van der Waals surface area contributed by atoms with Crippen LogP contribution in [0, 0.1) is 5.41 Å².